The number of halogens is 1. The molecule has 0 radical (unpaired) electrons. The average molecular weight is 317 g/mol. The van der Waals surface area contributed by atoms with Crippen LogP contribution in [-0.4, -0.2) is 27.4 Å². The van der Waals surface area contributed by atoms with Gasteiger partial charge in [0.15, 0.2) is 0 Å². The van der Waals surface area contributed by atoms with Crippen molar-refractivity contribution in [1.82, 2.24) is 10.0 Å². The molecule has 6 nitrogen and oxygen atoms in total. The van der Waals surface area contributed by atoms with Gasteiger partial charge >= 0.3 is 0 Å². The van der Waals surface area contributed by atoms with Gasteiger partial charge in [-0.05, 0) is 31.0 Å². The molecule has 118 valence electrons. The van der Waals surface area contributed by atoms with Gasteiger partial charge in [-0.3, -0.25) is 4.79 Å². The van der Waals surface area contributed by atoms with Crippen molar-refractivity contribution >= 4 is 21.6 Å². The zero-order valence-electron chi connectivity index (χ0n) is 12.1. The van der Waals surface area contributed by atoms with E-state index in [0.29, 0.717) is 6.54 Å². The molecule has 0 heterocycles. The first-order valence-electron chi connectivity index (χ1n) is 6.60. The largest absolute Gasteiger partial charge is 0.396 e. The van der Waals surface area contributed by atoms with Gasteiger partial charge in [0, 0.05) is 19.5 Å². The number of hydrogen-bond acceptors (Lipinski definition) is 4. The van der Waals surface area contributed by atoms with E-state index >= 15 is 0 Å². The van der Waals surface area contributed by atoms with Crippen LogP contribution in [0.25, 0.3) is 0 Å². The van der Waals surface area contributed by atoms with E-state index in [1.807, 2.05) is 6.92 Å². The number of rotatable bonds is 7. The van der Waals surface area contributed by atoms with Crippen LogP contribution < -0.4 is 15.8 Å². The van der Waals surface area contributed by atoms with E-state index in [0.717, 1.165) is 18.6 Å². The maximum atomic E-state index is 13.2. The second kappa shape index (κ2) is 7.37. The van der Waals surface area contributed by atoms with Crippen LogP contribution in [0.4, 0.5) is 10.1 Å². The van der Waals surface area contributed by atoms with Crippen molar-refractivity contribution < 1.29 is 17.6 Å². The number of nitrogens with two attached hydrogens (primary N) is 1. The first-order valence-corrected chi connectivity index (χ1v) is 8.08. The Kier molecular flexibility index (Phi) is 6.10. The predicted octanol–water partition coefficient (Wildman–Crippen LogP) is 0.911. The molecule has 0 fully saturated rings. The first-order chi connectivity index (χ1) is 9.77. The number of carbonyl (C=O) groups is 1. The Bertz CT molecular complexity index is 617. The summed E-state index contributed by atoms with van der Waals surface area (Å²) in [6.07, 6.45) is 0.848. The molecular weight excluding hydrogens is 297 g/mol. The Hall–Kier alpha value is -1.67. The number of carbonyl (C=O) groups excluding carboxylic acids is 1. The van der Waals surface area contributed by atoms with Crippen molar-refractivity contribution in [2.75, 3.05) is 18.8 Å². The van der Waals surface area contributed by atoms with Crippen LogP contribution in [0.5, 0.6) is 0 Å². The molecule has 8 heteroatoms. The Morgan fingerprint density at radius 3 is 2.62 bits per heavy atom. The third-order valence-corrected chi connectivity index (χ3v) is 4.40. The number of nitrogen functional groups attached to an aromatic ring is 1. The smallest absolute Gasteiger partial charge is 0.240 e. The summed E-state index contributed by atoms with van der Waals surface area (Å²) in [6.45, 7) is 3.92. The first kappa shape index (κ1) is 17.4. The Morgan fingerprint density at radius 1 is 1.33 bits per heavy atom. The van der Waals surface area contributed by atoms with Gasteiger partial charge in [-0.25, -0.2) is 17.5 Å². The van der Waals surface area contributed by atoms with E-state index in [-0.39, 0.29) is 35.0 Å². The molecule has 4 N–H and O–H groups in total. The number of anilines is 1. The molecule has 1 aromatic rings. The Labute approximate surface area is 124 Å². The zero-order valence-corrected chi connectivity index (χ0v) is 12.9. The van der Waals surface area contributed by atoms with Gasteiger partial charge in [0.2, 0.25) is 15.9 Å². The SMILES string of the molecule is CCCNC(=O)CCNS(=O)(=O)c1cc(N)c(F)cc1C. The molecule has 0 bridgehead atoms. The molecule has 0 aliphatic carbocycles. The summed E-state index contributed by atoms with van der Waals surface area (Å²) >= 11 is 0. The molecule has 0 unspecified atom stereocenters. The lowest BCUT2D eigenvalue weighted by Crippen LogP contribution is -2.31. The fourth-order valence-electron chi connectivity index (χ4n) is 1.69. The number of sulfonamides is 1. The van der Waals surface area contributed by atoms with Crippen molar-refractivity contribution in [3.63, 3.8) is 0 Å². The van der Waals surface area contributed by atoms with Gasteiger partial charge in [0.1, 0.15) is 5.82 Å². The zero-order chi connectivity index (χ0) is 16.0. The summed E-state index contributed by atoms with van der Waals surface area (Å²) in [5.41, 5.74) is 5.41. The second-order valence-electron chi connectivity index (χ2n) is 4.64. The molecular formula is C13H20FN3O3S. The molecule has 0 saturated heterocycles. The van der Waals surface area contributed by atoms with Gasteiger partial charge in [-0.2, -0.15) is 0 Å². The number of amides is 1. The maximum Gasteiger partial charge on any atom is 0.240 e. The van der Waals surface area contributed by atoms with Gasteiger partial charge in [0.25, 0.3) is 0 Å². The summed E-state index contributed by atoms with van der Waals surface area (Å²) in [5, 5.41) is 2.64. The molecule has 1 amide bonds. The summed E-state index contributed by atoms with van der Waals surface area (Å²) in [5.74, 6) is -0.889. The van der Waals surface area contributed by atoms with Gasteiger partial charge < -0.3 is 11.1 Å². The van der Waals surface area contributed by atoms with E-state index in [1.165, 1.54) is 6.92 Å². The van der Waals surface area contributed by atoms with E-state index in [1.54, 1.807) is 0 Å². The Balaban J connectivity index is 2.70. The number of nitrogens with one attached hydrogen (secondary N) is 2. The van der Waals surface area contributed by atoms with Crippen LogP contribution in [0.3, 0.4) is 0 Å². The third kappa shape index (κ3) is 4.98. The molecule has 0 aliphatic heterocycles. The summed E-state index contributed by atoms with van der Waals surface area (Å²) in [6, 6.07) is 2.14. The summed E-state index contributed by atoms with van der Waals surface area (Å²) in [7, 11) is -3.82. The number of hydrogen-bond donors (Lipinski definition) is 3. The highest BCUT2D eigenvalue weighted by Crippen LogP contribution is 2.21. The molecule has 0 spiro atoms. The van der Waals surface area contributed by atoms with E-state index in [9.17, 15) is 17.6 Å². The van der Waals surface area contributed by atoms with Gasteiger partial charge in [0.05, 0.1) is 10.6 Å². The van der Waals surface area contributed by atoms with Gasteiger partial charge in [-0.15, -0.1) is 0 Å². The normalized spacial score (nSPS) is 11.4. The minimum atomic E-state index is -3.82. The summed E-state index contributed by atoms with van der Waals surface area (Å²) in [4.78, 5) is 11.3. The van der Waals surface area contributed by atoms with Crippen LogP contribution in [0.2, 0.25) is 0 Å². The highest BCUT2D eigenvalue weighted by molar-refractivity contribution is 7.89. The molecule has 1 aromatic carbocycles. The lowest BCUT2D eigenvalue weighted by Gasteiger charge is -2.10. The molecule has 21 heavy (non-hydrogen) atoms. The third-order valence-electron chi connectivity index (χ3n) is 2.80. The standard InChI is InChI=1S/C13H20FN3O3S/c1-3-5-16-13(18)4-6-17-21(19,20)12-8-11(15)10(14)7-9(12)2/h7-8,17H,3-6,15H2,1-2H3,(H,16,18). The van der Waals surface area contributed by atoms with Crippen molar-refractivity contribution in [2.24, 2.45) is 0 Å². The average Bonchev–Trinajstić information content (AvgIpc) is 2.40. The monoisotopic (exact) mass is 317 g/mol. The van der Waals surface area contributed by atoms with Crippen molar-refractivity contribution in [1.29, 1.82) is 0 Å². The maximum absolute atomic E-state index is 13.2. The van der Waals surface area contributed by atoms with Crippen LogP contribution >= 0.6 is 0 Å². The van der Waals surface area contributed by atoms with E-state index in [2.05, 4.69) is 10.0 Å². The van der Waals surface area contributed by atoms with Crippen molar-refractivity contribution in [3.05, 3.63) is 23.5 Å². The minimum Gasteiger partial charge on any atom is -0.396 e. The quantitative estimate of drug-likeness (QED) is 0.651. The minimum absolute atomic E-state index is 0.0331. The second-order valence-corrected chi connectivity index (χ2v) is 6.37. The molecule has 0 saturated carbocycles. The van der Waals surface area contributed by atoms with Crippen LogP contribution in [0.15, 0.2) is 17.0 Å². The van der Waals surface area contributed by atoms with Crippen LogP contribution in [0, 0.1) is 12.7 Å². The molecule has 0 atom stereocenters. The van der Waals surface area contributed by atoms with Crippen molar-refractivity contribution in [3.8, 4) is 0 Å². The van der Waals surface area contributed by atoms with E-state index < -0.39 is 15.8 Å². The lowest BCUT2D eigenvalue weighted by molar-refractivity contribution is -0.120. The predicted molar refractivity (Wildman–Crippen MR) is 78.7 cm³/mol. The highest BCUT2D eigenvalue weighted by atomic mass is 32.2. The van der Waals surface area contributed by atoms with E-state index in [4.69, 9.17) is 5.73 Å². The van der Waals surface area contributed by atoms with Crippen LogP contribution in [0.1, 0.15) is 25.3 Å². The fourth-order valence-corrected chi connectivity index (χ4v) is 2.98. The molecule has 1 rings (SSSR count). The summed E-state index contributed by atoms with van der Waals surface area (Å²) < 4.78 is 39.7. The number of aryl methyl sites for hydroxylation is 1. The molecule has 0 aromatic heterocycles. The van der Waals surface area contributed by atoms with Gasteiger partial charge in [-0.1, -0.05) is 6.92 Å². The lowest BCUT2D eigenvalue weighted by atomic mass is 10.2. The number of benzene rings is 1. The van der Waals surface area contributed by atoms with Crippen molar-refractivity contribution in [2.45, 2.75) is 31.6 Å². The fraction of sp³-hybridized carbons (Fsp3) is 0.462. The Morgan fingerprint density at radius 2 is 2.00 bits per heavy atom. The van der Waals surface area contributed by atoms with Crippen LogP contribution in [-0.2, 0) is 14.8 Å². The topological polar surface area (TPSA) is 101 Å². The highest BCUT2D eigenvalue weighted by Gasteiger charge is 2.18. The molecule has 0 aliphatic rings.